The average Bonchev–Trinajstić information content (AvgIpc) is 3.02. The van der Waals surface area contributed by atoms with Gasteiger partial charge in [-0.25, -0.2) is 4.79 Å². The summed E-state index contributed by atoms with van der Waals surface area (Å²) < 4.78 is 10.4. The normalized spacial score (nSPS) is 16.0. The van der Waals surface area contributed by atoms with Crippen molar-refractivity contribution in [2.45, 2.75) is 32.6 Å². The molecule has 6 heteroatoms. The number of anilines is 1. The Bertz CT molecular complexity index is 852. The van der Waals surface area contributed by atoms with E-state index in [4.69, 9.17) is 9.47 Å². The fraction of sp³-hybridized carbons (Fsp3) is 0.455. The smallest absolute Gasteiger partial charge is 0.355 e. The number of hydrogen-bond donors (Lipinski definition) is 1. The molecule has 0 bridgehead atoms. The van der Waals surface area contributed by atoms with Crippen molar-refractivity contribution in [3.05, 3.63) is 52.3 Å². The molecule has 0 amide bonds. The Morgan fingerprint density at radius 1 is 1.18 bits per heavy atom. The van der Waals surface area contributed by atoms with Crippen molar-refractivity contribution in [3.8, 4) is 0 Å². The zero-order chi connectivity index (χ0) is 20.3. The average molecular weight is 384 g/mol. The third-order valence-electron chi connectivity index (χ3n) is 5.24. The molecule has 0 saturated heterocycles. The quantitative estimate of drug-likeness (QED) is 0.584. The molecule has 1 heterocycles. The lowest BCUT2D eigenvalue weighted by molar-refractivity contribution is 0.0329. The number of aromatic nitrogens is 1. The van der Waals surface area contributed by atoms with Gasteiger partial charge in [0.25, 0.3) is 0 Å². The Morgan fingerprint density at radius 2 is 1.89 bits per heavy atom. The molecule has 0 aliphatic heterocycles. The predicted molar refractivity (Wildman–Crippen MR) is 108 cm³/mol. The Labute approximate surface area is 165 Å². The van der Waals surface area contributed by atoms with Gasteiger partial charge in [-0.3, -0.25) is 4.79 Å². The van der Waals surface area contributed by atoms with Gasteiger partial charge in [0.15, 0.2) is 5.78 Å². The highest BCUT2D eigenvalue weighted by molar-refractivity contribution is 6.03. The van der Waals surface area contributed by atoms with Crippen LogP contribution in [0.5, 0.6) is 0 Å². The molecular formula is C22H28N2O4. The summed E-state index contributed by atoms with van der Waals surface area (Å²) in [5, 5.41) is 0. The molecule has 1 aromatic heterocycles. The van der Waals surface area contributed by atoms with Crippen LogP contribution >= 0.6 is 0 Å². The second-order valence-corrected chi connectivity index (χ2v) is 7.33. The SMILES string of the molecule is CCOCCOC(=O)c1[nH]c2c(c1C)C(=O)C[C@H](c1ccc(N(C)C)cc1)C2. The molecule has 1 N–H and O–H groups in total. The molecule has 1 atom stereocenters. The summed E-state index contributed by atoms with van der Waals surface area (Å²) in [6.07, 6.45) is 1.15. The summed E-state index contributed by atoms with van der Waals surface area (Å²) in [6, 6.07) is 8.29. The Morgan fingerprint density at radius 3 is 2.54 bits per heavy atom. The third kappa shape index (κ3) is 4.12. The standard InChI is InChI=1S/C22H28N2O4/c1-5-27-10-11-28-22(26)21-14(2)20-18(23-21)12-16(13-19(20)25)15-6-8-17(9-7-15)24(3)4/h6-9,16,23H,5,10-13H2,1-4H3/t16-/m1/s1. The highest BCUT2D eigenvalue weighted by atomic mass is 16.6. The number of ketones is 1. The molecule has 0 fully saturated rings. The summed E-state index contributed by atoms with van der Waals surface area (Å²) in [4.78, 5) is 30.4. The van der Waals surface area contributed by atoms with Gasteiger partial charge in [0.05, 0.1) is 6.61 Å². The summed E-state index contributed by atoms with van der Waals surface area (Å²) in [5.74, 6) is -0.257. The largest absolute Gasteiger partial charge is 0.459 e. The molecule has 3 rings (SSSR count). The maximum atomic E-state index is 12.8. The molecule has 150 valence electrons. The van der Waals surface area contributed by atoms with Gasteiger partial charge in [-0.15, -0.1) is 0 Å². The van der Waals surface area contributed by atoms with E-state index >= 15 is 0 Å². The molecule has 2 aromatic rings. The van der Waals surface area contributed by atoms with E-state index in [1.807, 2.05) is 25.9 Å². The van der Waals surface area contributed by atoms with E-state index in [1.165, 1.54) is 0 Å². The Balaban J connectivity index is 1.77. The number of fused-ring (bicyclic) bond motifs is 1. The van der Waals surface area contributed by atoms with E-state index in [-0.39, 0.29) is 18.3 Å². The van der Waals surface area contributed by atoms with E-state index in [9.17, 15) is 9.59 Å². The molecule has 1 aliphatic carbocycles. The van der Waals surface area contributed by atoms with Gasteiger partial charge < -0.3 is 19.4 Å². The van der Waals surface area contributed by atoms with E-state index in [2.05, 4.69) is 29.2 Å². The van der Waals surface area contributed by atoms with Crippen LogP contribution in [0.15, 0.2) is 24.3 Å². The lowest BCUT2D eigenvalue weighted by Crippen LogP contribution is -2.18. The Kier molecular flexibility index (Phi) is 6.19. The van der Waals surface area contributed by atoms with E-state index in [0.717, 1.165) is 16.9 Å². The summed E-state index contributed by atoms with van der Waals surface area (Å²) >= 11 is 0. The first kappa shape index (κ1) is 20.1. The number of ether oxygens (including phenoxy) is 2. The first-order valence-corrected chi connectivity index (χ1v) is 9.69. The molecule has 0 unspecified atom stereocenters. The second-order valence-electron chi connectivity index (χ2n) is 7.33. The number of Topliss-reactive ketones (excluding diaryl/α,β-unsaturated/α-hetero) is 1. The van der Waals surface area contributed by atoms with Crippen LogP contribution in [0, 0.1) is 6.92 Å². The minimum atomic E-state index is -0.439. The number of rotatable bonds is 7. The number of H-pyrrole nitrogens is 1. The van der Waals surface area contributed by atoms with Gasteiger partial charge in [-0.2, -0.15) is 0 Å². The van der Waals surface area contributed by atoms with Crippen LogP contribution in [0.3, 0.4) is 0 Å². The van der Waals surface area contributed by atoms with Gasteiger partial charge in [0.1, 0.15) is 12.3 Å². The first-order chi connectivity index (χ1) is 13.4. The zero-order valence-electron chi connectivity index (χ0n) is 17.0. The minimum absolute atomic E-state index is 0.0741. The van der Waals surface area contributed by atoms with Crippen molar-refractivity contribution in [2.24, 2.45) is 0 Å². The van der Waals surface area contributed by atoms with Gasteiger partial charge in [-0.1, -0.05) is 12.1 Å². The predicted octanol–water partition coefficient (Wildman–Crippen LogP) is 3.50. The second kappa shape index (κ2) is 8.61. The van der Waals surface area contributed by atoms with E-state index < -0.39 is 5.97 Å². The summed E-state index contributed by atoms with van der Waals surface area (Å²) in [6.45, 7) is 4.84. The lowest BCUT2D eigenvalue weighted by Gasteiger charge is -2.23. The monoisotopic (exact) mass is 384 g/mol. The lowest BCUT2D eigenvalue weighted by atomic mass is 9.81. The number of aromatic amines is 1. The zero-order valence-corrected chi connectivity index (χ0v) is 17.0. The number of benzene rings is 1. The summed E-state index contributed by atoms with van der Waals surface area (Å²) in [7, 11) is 4.00. The third-order valence-corrected chi connectivity index (χ3v) is 5.24. The van der Waals surface area contributed by atoms with Gasteiger partial charge in [0.2, 0.25) is 0 Å². The first-order valence-electron chi connectivity index (χ1n) is 9.69. The molecule has 1 aliphatic rings. The van der Waals surface area contributed by atoms with Gasteiger partial charge in [-0.05, 0) is 49.4 Å². The molecular weight excluding hydrogens is 356 g/mol. The van der Waals surface area contributed by atoms with Gasteiger partial charge >= 0.3 is 5.97 Å². The van der Waals surface area contributed by atoms with Crippen LogP contribution in [0.1, 0.15) is 56.9 Å². The number of nitrogens with one attached hydrogen (secondary N) is 1. The minimum Gasteiger partial charge on any atom is -0.459 e. The fourth-order valence-corrected chi connectivity index (χ4v) is 3.73. The van der Waals surface area contributed by atoms with Crippen LogP contribution < -0.4 is 4.90 Å². The number of nitrogens with zero attached hydrogens (tertiary/aromatic N) is 1. The highest BCUT2D eigenvalue weighted by Crippen LogP contribution is 2.35. The molecule has 1 aromatic carbocycles. The van der Waals surface area contributed by atoms with E-state index in [1.54, 1.807) is 6.92 Å². The van der Waals surface area contributed by atoms with Gasteiger partial charge in [0, 0.05) is 44.1 Å². The molecule has 6 nitrogen and oxygen atoms in total. The number of carbonyl (C=O) groups is 2. The van der Waals surface area contributed by atoms with Crippen LogP contribution in [0.2, 0.25) is 0 Å². The Hall–Kier alpha value is -2.60. The molecule has 0 saturated carbocycles. The van der Waals surface area contributed by atoms with Crippen LogP contribution in [0.25, 0.3) is 0 Å². The highest BCUT2D eigenvalue weighted by Gasteiger charge is 2.32. The van der Waals surface area contributed by atoms with Crippen molar-refractivity contribution in [1.29, 1.82) is 0 Å². The van der Waals surface area contributed by atoms with E-state index in [0.29, 0.717) is 42.9 Å². The summed E-state index contributed by atoms with van der Waals surface area (Å²) in [5.41, 5.74) is 4.79. The molecule has 0 spiro atoms. The fourth-order valence-electron chi connectivity index (χ4n) is 3.73. The van der Waals surface area contributed by atoms with Crippen molar-refractivity contribution in [1.82, 2.24) is 4.98 Å². The molecule has 28 heavy (non-hydrogen) atoms. The number of hydrogen-bond acceptors (Lipinski definition) is 5. The topological polar surface area (TPSA) is 71.6 Å². The van der Waals surface area contributed by atoms with Crippen molar-refractivity contribution in [2.75, 3.05) is 38.8 Å². The number of carbonyl (C=O) groups excluding carboxylic acids is 2. The van der Waals surface area contributed by atoms with Crippen molar-refractivity contribution < 1.29 is 19.1 Å². The van der Waals surface area contributed by atoms with Crippen LogP contribution in [-0.4, -0.2) is 50.7 Å². The van der Waals surface area contributed by atoms with Crippen LogP contribution in [-0.2, 0) is 15.9 Å². The van der Waals surface area contributed by atoms with Crippen molar-refractivity contribution >= 4 is 17.4 Å². The number of esters is 1. The maximum Gasteiger partial charge on any atom is 0.355 e. The van der Waals surface area contributed by atoms with Crippen LogP contribution in [0.4, 0.5) is 5.69 Å². The maximum absolute atomic E-state index is 12.8. The van der Waals surface area contributed by atoms with Crippen molar-refractivity contribution in [3.63, 3.8) is 0 Å². The molecule has 0 radical (unpaired) electrons.